The molecule has 2 atom stereocenters. The first-order chi connectivity index (χ1) is 8.78. The number of nitrogens with zero attached hydrogens (tertiary/aromatic N) is 4. The maximum Gasteiger partial charge on any atom is 0.231 e. The minimum absolute atomic E-state index is 0.333. The molecule has 2 unspecified atom stereocenters. The monoisotopic (exact) mass is 247 g/mol. The predicted molar refractivity (Wildman–Crippen MR) is 65.9 cm³/mol. The molecule has 96 valence electrons. The van der Waals surface area contributed by atoms with Gasteiger partial charge in [0.2, 0.25) is 11.7 Å². The van der Waals surface area contributed by atoms with Gasteiger partial charge < -0.3 is 9.84 Å². The maximum absolute atomic E-state index is 5.39. The van der Waals surface area contributed by atoms with Crippen LogP contribution in [0.2, 0.25) is 0 Å². The summed E-state index contributed by atoms with van der Waals surface area (Å²) in [5.74, 6) is 1.64. The SMILES string of the molecule is CNC1CCCC1c1nc(-c2ccn(C)n2)no1. The summed E-state index contributed by atoms with van der Waals surface area (Å²) in [4.78, 5) is 4.48. The van der Waals surface area contributed by atoms with Crippen LogP contribution in [0.25, 0.3) is 11.5 Å². The second kappa shape index (κ2) is 4.53. The van der Waals surface area contributed by atoms with Crippen molar-refractivity contribution >= 4 is 0 Å². The van der Waals surface area contributed by atoms with Gasteiger partial charge in [0.25, 0.3) is 0 Å². The Balaban J connectivity index is 1.85. The lowest BCUT2D eigenvalue weighted by Gasteiger charge is -2.14. The number of hydrogen-bond donors (Lipinski definition) is 1. The first-order valence-corrected chi connectivity index (χ1v) is 6.29. The zero-order valence-corrected chi connectivity index (χ0v) is 10.6. The molecule has 0 amide bonds. The fourth-order valence-corrected chi connectivity index (χ4v) is 2.63. The summed E-state index contributed by atoms with van der Waals surface area (Å²) in [6.07, 6.45) is 5.35. The van der Waals surface area contributed by atoms with Crippen LogP contribution in [-0.4, -0.2) is 33.0 Å². The van der Waals surface area contributed by atoms with Crippen LogP contribution < -0.4 is 5.32 Å². The fraction of sp³-hybridized carbons (Fsp3) is 0.583. The second-order valence-corrected chi connectivity index (χ2v) is 4.76. The van der Waals surface area contributed by atoms with Crippen molar-refractivity contribution in [1.29, 1.82) is 0 Å². The van der Waals surface area contributed by atoms with E-state index in [4.69, 9.17) is 4.52 Å². The van der Waals surface area contributed by atoms with E-state index in [0.29, 0.717) is 17.8 Å². The van der Waals surface area contributed by atoms with Crippen LogP contribution in [0.5, 0.6) is 0 Å². The first-order valence-electron chi connectivity index (χ1n) is 6.29. The molecule has 3 rings (SSSR count). The lowest BCUT2D eigenvalue weighted by atomic mass is 10.0. The Labute approximate surface area is 105 Å². The molecule has 0 bridgehead atoms. The van der Waals surface area contributed by atoms with Gasteiger partial charge in [-0.2, -0.15) is 10.1 Å². The molecule has 0 radical (unpaired) electrons. The highest BCUT2D eigenvalue weighted by Gasteiger charge is 2.32. The Hall–Kier alpha value is -1.69. The van der Waals surface area contributed by atoms with Gasteiger partial charge in [0.1, 0.15) is 5.69 Å². The lowest BCUT2D eigenvalue weighted by Crippen LogP contribution is -2.27. The van der Waals surface area contributed by atoms with E-state index in [9.17, 15) is 0 Å². The maximum atomic E-state index is 5.39. The van der Waals surface area contributed by atoms with Gasteiger partial charge in [0.15, 0.2) is 0 Å². The van der Waals surface area contributed by atoms with Crippen LogP contribution in [0.4, 0.5) is 0 Å². The molecule has 1 aliphatic rings. The van der Waals surface area contributed by atoms with Crippen LogP contribution in [0.1, 0.15) is 31.1 Å². The van der Waals surface area contributed by atoms with E-state index in [-0.39, 0.29) is 0 Å². The van der Waals surface area contributed by atoms with E-state index in [0.717, 1.165) is 18.0 Å². The molecule has 1 fully saturated rings. The quantitative estimate of drug-likeness (QED) is 0.886. The van der Waals surface area contributed by atoms with Gasteiger partial charge in [0.05, 0.1) is 5.92 Å². The van der Waals surface area contributed by atoms with E-state index >= 15 is 0 Å². The van der Waals surface area contributed by atoms with Gasteiger partial charge in [-0.25, -0.2) is 0 Å². The Kier molecular flexibility index (Phi) is 2.87. The molecule has 1 N–H and O–H groups in total. The van der Waals surface area contributed by atoms with Crippen LogP contribution in [0.15, 0.2) is 16.8 Å². The summed E-state index contributed by atoms with van der Waals surface area (Å²) >= 11 is 0. The molecule has 0 saturated heterocycles. The zero-order valence-electron chi connectivity index (χ0n) is 10.6. The number of aromatic nitrogens is 4. The molecule has 6 heteroatoms. The standard InChI is InChI=1S/C12H17N5O/c1-13-9-5-3-4-8(9)12-14-11(16-18-12)10-6-7-17(2)15-10/h6-9,13H,3-5H2,1-2H3. The number of aryl methyl sites for hydroxylation is 1. The zero-order chi connectivity index (χ0) is 12.5. The molecule has 6 nitrogen and oxygen atoms in total. The van der Waals surface area contributed by atoms with Gasteiger partial charge >= 0.3 is 0 Å². The number of hydrogen-bond acceptors (Lipinski definition) is 5. The smallest absolute Gasteiger partial charge is 0.231 e. The molecule has 2 aromatic heterocycles. The average molecular weight is 247 g/mol. The third kappa shape index (κ3) is 1.92. The molecule has 18 heavy (non-hydrogen) atoms. The molecule has 0 spiro atoms. The van der Waals surface area contributed by atoms with Crippen molar-refractivity contribution in [2.45, 2.75) is 31.2 Å². The van der Waals surface area contributed by atoms with Crippen LogP contribution in [0, 0.1) is 0 Å². The van der Waals surface area contributed by atoms with Crippen LogP contribution in [0.3, 0.4) is 0 Å². The van der Waals surface area contributed by atoms with E-state index in [1.807, 2.05) is 26.4 Å². The molecule has 0 aromatic carbocycles. The second-order valence-electron chi connectivity index (χ2n) is 4.76. The van der Waals surface area contributed by atoms with Gasteiger partial charge in [-0.3, -0.25) is 4.68 Å². The van der Waals surface area contributed by atoms with Crippen molar-refractivity contribution in [3.05, 3.63) is 18.2 Å². The third-order valence-electron chi connectivity index (χ3n) is 3.59. The summed E-state index contributed by atoms with van der Waals surface area (Å²) in [5.41, 5.74) is 0.756. The summed E-state index contributed by atoms with van der Waals surface area (Å²) < 4.78 is 7.13. The Morgan fingerprint density at radius 3 is 3.06 bits per heavy atom. The summed E-state index contributed by atoms with van der Waals surface area (Å²) in [5, 5.41) is 11.6. The van der Waals surface area contributed by atoms with Gasteiger partial charge in [-0.05, 0) is 26.0 Å². The highest BCUT2D eigenvalue weighted by Crippen LogP contribution is 2.34. The van der Waals surface area contributed by atoms with E-state index in [1.54, 1.807) is 4.68 Å². The molecule has 2 aromatic rings. The molecule has 1 aliphatic carbocycles. The third-order valence-corrected chi connectivity index (χ3v) is 3.59. The minimum Gasteiger partial charge on any atom is -0.339 e. The number of nitrogens with one attached hydrogen (secondary N) is 1. The van der Waals surface area contributed by atoms with Crippen LogP contribution in [-0.2, 0) is 7.05 Å². The molecule has 1 saturated carbocycles. The van der Waals surface area contributed by atoms with Crippen LogP contribution >= 0.6 is 0 Å². The Morgan fingerprint density at radius 1 is 1.44 bits per heavy atom. The largest absolute Gasteiger partial charge is 0.339 e. The van der Waals surface area contributed by atoms with Gasteiger partial charge in [-0.1, -0.05) is 11.6 Å². The normalized spacial score (nSPS) is 23.7. The van der Waals surface area contributed by atoms with E-state index in [1.165, 1.54) is 12.8 Å². The van der Waals surface area contributed by atoms with Crippen molar-refractivity contribution in [3.63, 3.8) is 0 Å². The lowest BCUT2D eigenvalue weighted by molar-refractivity contribution is 0.335. The van der Waals surface area contributed by atoms with E-state index in [2.05, 4.69) is 20.6 Å². The Morgan fingerprint density at radius 2 is 2.33 bits per heavy atom. The summed E-state index contributed by atoms with van der Waals surface area (Å²) in [7, 11) is 3.86. The average Bonchev–Trinajstić information content (AvgIpc) is 3.07. The molecular formula is C12H17N5O. The van der Waals surface area contributed by atoms with Crippen molar-refractivity contribution in [2.24, 2.45) is 7.05 Å². The topological polar surface area (TPSA) is 68.8 Å². The summed E-state index contributed by atoms with van der Waals surface area (Å²) in [6.45, 7) is 0. The van der Waals surface area contributed by atoms with Gasteiger partial charge in [-0.15, -0.1) is 0 Å². The van der Waals surface area contributed by atoms with Crippen molar-refractivity contribution < 1.29 is 4.52 Å². The number of rotatable bonds is 3. The summed E-state index contributed by atoms with van der Waals surface area (Å²) in [6, 6.07) is 2.33. The molecule has 2 heterocycles. The fourth-order valence-electron chi connectivity index (χ4n) is 2.63. The van der Waals surface area contributed by atoms with E-state index < -0.39 is 0 Å². The predicted octanol–water partition coefficient (Wildman–Crippen LogP) is 1.33. The molecular weight excluding hydrogens is 230 g/mol. The highest BCUT2D eigenvalue weighted by atomic mass is 16.5. The highest BCUT2D eigenvalue weighted by molar-refractivity contribution is 5.46. The van der Waals surface area contributed by atoms with Gasteiger partial charge in [0, 0.05) is 19.3 Å². The number of likely N-dealkylation sites (N-methyl/N-ethyl adjacent to an activating group) is 1. The minimum atomic E-state index is 0.333. The van der Waals surface area contributed by atoms with Crippen molar-refractivity contribution in [2.75, 3.05) is 7.05 Å². The van der Waals surface area contributed by atoms with Crippen molar-refractivity contribution in [3.8, 4) is 11.5 Å². The molecule has 0 aliphatic heterocycles. The van der Waals surface area contributed by atoms with Crippen molar-refractivity contribution in [1.82, 2.24) is 25.2 Å². The first kappa shape index (κ1) is 11.4. The Bertz CT molecular complexity index is 532.